The third-order valence-corrected chi connectivity index (χ3v) is 4.15. The highest BCUT2D eigenvalue weighted by molar-refractivity contribution is 5.94. The van der Waals surface area contributed by atoms with Crippen LogP contribution >= 0.6 is 0 Å². The second kappa shape index (κ2) is 5.73. The fourth-order valence-corrected chi connectivity index (χ4v) is 2.84. The summed E-state index contributed by atoms with van der Waals surface area (Å²) in [7, 11) is 1.54. The largest absolute Gasteiger partial charge is 0.505 e. The molecular formula is C19H15FN2O3. The molecule has 2 aromatic heterocycles. The van der Waals surface area contributed by atoms with Crippen LogP contribution in [-0.2, 0) is 6.42 Å². The molecule has 0 aliphatic rings. The van der Waals surface area contributed by atoms with E-state index in [-0.39, 0.29) is 0 Å². The van der Waals surface area contributed by atoms with Crippen molar-refractivity contribution in [3.63, 3.8) is 0 Å². The lowest BCUT2D eigenvalue weighted by molar-refractivity contribution is 0.397. The maximum absolute atomic E-state index is 13.6. The standard InChI is InChI=1S/C19H15FN2O3/c1-3-10-4-12(19-14(5-10)22-18(24-2)9-21-19)17-7-11-6-15(23)13(20)8-16(11)25-17/h4-9,23H,3H2,1-2H3. The number of methoxy groups -OCH3 is 1. The van der Waals surface area contributed by atoms with Crippen LogP contribution in [0.25, 0.3) is 33.3 Å². The van der Waals surface area contributed by atoms with Crippen LogP contribution in [0.2, 0.25) is 0 Å². The zero-order valence-corrected chi connectivity index (χ0v) is 13.7. The van der Waals surface area contributed by atoms with E-state index in [4.69, 9.17) is 9.15 Å². The van der Waals surface area contributed by atoms with E-state index < -0.39 is 11.6 Å². The summed E-state index contributed by atoms with van der Waals surface area (Å²) in [6.45, 7) is 2.05. The predicted octanol–water partition coefficient (Wildman–Crippen LogP) is 4.46. The molecule has 0 saturated carbocycles. The van der Waals surface area contributed by atoms with Crippen LogP contribution in [0, 0.1) is 5.82 Å². The molecule has 0 saturated heterocycles. The highest BCUT2D eigenvalue weighted by Gasteiger charge is 2.15. The maximum Gasteiger partial charge on any atom is 0.232 e. The molecule has 6 heteroatoms. The van der Waals surface area contributed by atoms with Gasteiger partial charge in [-0.05, 0) is 36.2 Å². The van der Waals surface area contributed by atoms with Crippen LogP contribution in [-0.4, -0.2) is 22.2 Å². The Morgan fingerprint density at radius 1 is 1.20 bits per heavy atom. The number of phenolic OH excluding ortho intramolecular Hbond substituents is 1. The zero-order valence-electron chi connectivity index (χ0n) is 13.7. The van der Waals surface area contributed by atoms with Gasteiger partial charge in [-0.2, -0.15) is 0 Å². The minimum atomic E-state index is -0.718. The molecule has 126 valence electrons. The van der Waals surface area contributed by atoms with Crippen molar-refractivity contribution in [2.75, 3.05) is 7.11 Å². The number of ether oxygens (including phenoxy) is 1. The summed E-state index contributed by atoms with van der Waals surface area (Å²) in [5.41, 5.74) is 3.56. The van der Waals surface area contributed by atoms with Crippen molar-refractivity contribution in [2.45, 2.75) is 13.3 Å². The lowest BCUT2D eigenvalue weighted by Gasteiger charge is -2.07. The minimum Gasteiger partial charge on any atom is -0.505 e. The average Bonchev–Trinajstić information content (AvgIpc) is 3.03. The van der Waals surface area contributed by atoms with E-state index in [1.807, 2.05) is 19.1 Å². The second-order valence-electron chi connectivity index (χ2n) is 5.73. The van der Waals surface area contributed by atoms with Gasteiger partial charge >= 0.3 is 0 Å². The highest BCUT2D eigenvalue weighted by Crippen LogP contribution is 2.35. The first-order chi connectivity index (χ1) is 12.1. The molecule has 4 aromatic rings. The number of aromatic hydroxyl groups is 1. The highest BCUT2D eigenvalue weighted by atomic mass is 19.1. The molecule has 0 aliphatic carbocycles. The average molecular weight is 338 g/mol. The van der Waals surface area contributed by atoms with Crippen molar-refractivity contribution in [3.8, 4) is 23.0 Å². The summed E-state index contributed by atoms with van der Waals surface area (Å²) < 4.78 is 24.5. The Bertz CT molecular complexity index is 1060. The van der Waals surface area contributed by atoms with Gasteiger partial charge in [0.25, 0.3) is 0 Å². The Labute approximate surface area is 142 Å². The van der Waals surface area contributed by atoms with Gasteiger partial charge in [0.1, 0.15) is 11.3 Å². The summed E-state index contributed by atoms with van der Waals surface area (Å²) in [6, 6.07) is 8.22. The lowest BCUT2D eigenvalue weighted by Crippen LogP contribution is -1.94. The molecule has 2 heterocycles. The first kappa shape index (κ1) is 15.4. The third kappa shape index (κ3) is 2.55. The van der Waals surface area contributed by atoms with Gasteiger partial charge in [0.2, 0.25) is 5.88 Å². The number of nitrogens with zero attached hydrogens (tertiary/aromatic N) is 2. The molecule has 0 aliphatic heterocycles. The van der Waals surface area contributed by atoms with Crippen molar-refractivity contribution >= 4 is 22.0 Å². The summed E-state index contributed by atoms with van der Waals surface area (Å²) in [5.74, 6) is -0.148. The number of fused-ring (bicyclic) bond motifs is 2. The first-order valence-corrected chi connectivity index (χ1v) is 7.85. The Morgan fingerprint density at radius 2 is 2.04 bits per heavy atom. The Balaban J connectivity index is 1.99. The van der Waals surface area contributed by atoms with Gasteiger partial charge < -0.3 is 14.3 Å². The summed E-state index contributed by atoms with van der Waals surface area (Å²) in [6.07, 6.45) is 2.36. The van der Waals surface area contributed by atoms with Crippen molar-refractivity contribution in [3.05, 3.63) is 47.9 Å². The van der Waals surface area contributed by atoms with E-state index in [1.54, 1.807) is 19.4 Å². The number of hydrogen-bond donors (Lipinski definition) is 1. The zero-order chi connectivity index (χ0) is 17.6. The molecule has 0 bridgehead atoms. The van der Waals surface area contributed by atoms with E-state index >= 15 is 0 Å². The number of aryl methyl sites for hydroxylation is 1. The quantitative estimate of drug-likeness (QED) is 0.597. The van der Waals surface area contributed by atoms with Gasteiger partial charge in [0, 0.05) is 17.0 Å². The molecule has 0 fully saturated rings. The van der Waals surface area contributed by atoms with Crippen LogP contribution in [0.4, 0.5) is 4.39 Å². The monoisotopic (exact) mass is 338 g/mol. The molecule has 1 N–H and O–H groups in total. The van der Waals surface area contributed by atoms with Crippen LogP contribution in [0.1, 0.15) is 12.5 Å². The molecule has 5 nitrogen and oxygen atoms in total. The van der Waals surface area contributed by atoms with E-state index in [2.05, 4.69) is 9.97 Å². The van der Waals surface area contributed by atoms with Crippen molar-refractivity contribution in [1.82, 2.24) is 9.97 Å². The van der Waals surface area contributed by atoms with Gasteiger partial charge in [-0.3, -0.25) is 0 Å². The predicted molar refractivity (Wildman–Crippen MR) is 92.3 cm³/mol. The topological polar surface area (TPSA) is 68.4 Å². The minimum absolute atomic E-state index is 0.363. The van der Waals surface area contributed by atoms with Gasteiger partial charge in [-0.15, -0.1) is 0 Å². The third-order valence-electron chi connectivity index (χ3n) is 4.15. The normalized spacial score (nSPS) is 11.3. The number of benzene rings is 2. The van der Waals surface area contributed by atoms with E-state index in [0.29, 0.717) is 33.6 Å². The molecule has 0 atom stereocenters. The molecule has 0 amide bonds. The number of rotatable bonds is 3. The molecule has 4 rings (SSSR count). The van der Waals surface area contributed by atoms with Crippen LogP contribution in [0.5, 0.6) is 11.6 Å². The fourth-order valence-electron chi connectivity index (χ4n) is 2.84. The number of halogens is 1. The van der Waals surface area contributed by atoms with Crippen LogP contribution in [0.15, 0.2) is 40.9 Å². The molecule has 2 aromatic carbocycles. The fraction of sp³-hybridized carbons (Fsp3) is 0.158. The smallest absolute Gasteiger partial charge is 0.232 e. The SMILES string of the molecule is CCc1cc(-c2cc3cc(O)c(F)cc3o2)c2ncc(OC)nc2c1. The lowest BCUT2D eigenvalue weighted by atomic mass is 10.0. The first-order valence-electron chi connectivity index (χ1n) is 7.85. The van der Waals surface area contributed by atoms with Crippen molar-refractivity contribution < 1.29 is 18.7 Å². The maximum atomic E-state index is 13.6. The van der Waals surface area contributed by atoms with E-state index in [1.165, 1.54) is 12.1 Å². The molecule has 0 unspecified atom stereocenters. The van der Waals surface area contributed by atoms with Crippen LogP contribution < -0.4 is 4.74 Å². The summed E-state index contributed by atoms with van der Waals surface area (Å²) in [4.78, 5) is 8.88. The number of aromatic nitrogens is 2. The molecule has 0 radical (unpaired) electrons. The number of furan rings is 1. The van der Waals surface area contributed by atoms with Crippen molar-refractivity contribution in [2.24, 2.45) is 0 Å². The van der Waals surface area contributed by atoms with Crippen LogP contribution in [0.3, 0.4) is 0 Å². The van der Waals surface area contributed by atoms with Gasteiger partial charge in [0.05, 0.1) is 24.3 Å². The Morgan fingerprint density at radius 3 is 2.80 bits per heavy atom. The van der Waals surface area contributed by atoms with Gasteiger partial charge in [0.15, 0.2) is 11.6 Å². The molecular weight excluding hydrogens is 323 g/mol. The van der Waals surface area contributed by atoms with Gasteiger partial charge in [-0.25, -0.2) is 14.4 Å². The van der Waals surface area contributed by atoms with Gasteiger partial charge in [-0.1, -0.05) is 6.92 Å². The number of phenols is 1. The van der Waals surface area contributed by atoms with E-state index in [0.717, 1.165) is 17.5 Å². The van der Waals surface area contributed by atoms with Crippen molar-refractivity contribution in [1.29, 1.82) is 0 Å². The second-order valence-corrected chi connectivity index (χ2v) is 5.73. The molecule has 25 heavy (non-hydrogen) atoms. The van der Waals surface area contributed by atoms with E-state index in [9.17, 15) is 9.50 Å². The number of hydrogen-bond acceptors (Lipinski definition) is 5. The summed E-state index contributed by atoms with van der Waals surface area (Å²) in [5, 5.41) is 10.2. The summed E-state index contributed by atoms with van der Waals surface area (Å²) >= 11 is 0. The molecule has 0 spiro atoms. The Kier molecular flexibility index (Phi) is 3.53. The Hall–Kier alpha value is -3.15.